The highest BCUT2D eigenvalue weighted by molar-refractivity contribution is 5.34. The number of hydrogen-bond acceptors (Lipinski definition) is 4. The van der Waals surface area contributed by atoms with Gasteiger partial charge in [0.25, 0.3) is 5.56 Å². The molecule has 6 heteroatoms. The molecule has 2 rings (SSSR count). The van der Waals surface area contributed by atoms with Crippen LogP contribution in [-0.4, -0.2) is 16.6 Å². The number of allylic oxidation sites excluding steroid dienone is 1. The normalized spacial score (nSPS) is 12.3. The Labute approximate surface area is 127 Å². The number of aromatic amines is 2. The van der Waals surface area contributed by atoms with E-state index in [4.69, 9.17) is 9.47 Å². The van der Waals surface area contributed by atoms with Gasteiger partial charge in [0.15, 0.2) is 0 Å². The summed E-state index contributed by atoms with van der Waals surface area (Å²) in [5.41, 5.74) is -0.761. The molecule has 1 unspecified atom stereocenters. The molecule has 0 aliphatic heterocycles. The Morgan fingerprint density at radius 3 is 2.59 bits per heavy atom. The molecule has 1 heterocycles. The number of aromatic nitrogens is 2. The number of para-hydroxylation sites is 1. The Balaban J connectivity index is 2.40. The molecule has 1 atom stereocenters. The maximum Gasteiger partial charge on any atom is 0.328 e. The summed E-state index contributed by atoms with van der Waals surface area (Å²) in [7, 11) is 0. The molecule has 0 amide bonds. The molecule has 0 aliphatic carbocycles. The summed E-state index contributed by atoms with van der Waals surface area (Å²) in [5, 5.41) is 0. The van der Waals surface area contributed by atoms with Crippen LogP contribution in [0.2, 0.25) is 0 Å². The van der Waals surface area contributed by atoms with Crippen LogP contribution in [0, 0.1) is 0 Å². The van der Waals surface area contributed by atoms with E-state index in [1.165, 1.54) is 6.26 Å². The third-order valence-corrected chi connectivity index (χ3v) is 2.99. The van der Waals surface area contributed by atoms with Crippen molar-refractivity contribution in [1.82, 2.24) is 9.97 Å². The molecule has 116 valence electrons. The van der Waals surface area contributed by atoms with Crippen LogP contribution in [0.25, 0.3) is 0 Å². The summed E-state index contributed by atoms with van der Waals surface area (Å²) in [6.07, 6.45) is 3.26. The molecule has 6 nitrogen and oxygen atoms in total. The van der Waals surface area contributed by atoms with E-state index in [2.05, 4.69) is 9.97 Å². The topological polar surface area (TPSA) is 84.2 Å². The molecule has 0 bridgehead atoms. The second-order valence-corrected chi connectivity index (χ2v) is 4.64. The molecule has 0 fully saturated rings. The van der Waals surface area contributed by atoms with Crippen LogP contribution >= 0.6 is 0 Å². The molecule has 0 saturated heterocycles. The lowest BCUT2D eigenvalue weighted by Gasteiger charge is -2.12. The lowest BCUT2D eigenvalue weighted by atomic mass is 10.0. The number of rotatable bonds is 6. The van der Waals surface area contributed by atoms with Gasteiger partial charge in [-0.05, 0) is 25.1 Å². The Morgan fingerprint density at radius 1 is 1.18 bits per heavy atom. The van der Waals surface area contributed by atoms with Gasteiger partial charge in [0, 0.05) is 5.92 Å². The first kappa shape index (κ1) is 15.6. The Morgan fingerprint density at radius 2 is 1.91 bits per heavy atom. The summed E-state index contributed by atoms with van der Waals surface area (Å²) < 4.78 is 10.8. The molecule has 2 aromatic rings. The quantitative estimate of drug-likeness (QED) is 0.803. The van der Waals surface area contributed by atoms with E-state index in [0.29, 0.717) is 17.9 Å². The van der Waals surface area contributed by atoms with Crippen molar-refractivity contribution in [2.45, 2.75) is 19.8 Å². The standard InChI is InChI=1S/C16H18N2O4/c1-3-21-10-9-11(2)13-14(19)17-16(20)18-15(13)22-12-7-5-4-6-8-12/h4-11H,3H2,1-2H3,(H2,17,18,19,20)/b10-9+. The first-order valence-corrected chi connectivity index (χ1v) is 6.99. The van der Waals surface area contributed by atoms with Crippen molar-refractivity contribution in [1.29, 1.82) is 0 Å². The Hall–Kier alpha value is -2.76. The van der Waals surface area contributed by atoms with E-state index in [9.17, 15) is 9.59 Å². The van der Waals surface area contributed by atoms with Gasteiger partial charge < -0.3 is 9.47 Å². The van der Waals surface area contributed by atoms with Gasteiger partial charge in [0.05, 0.1) is 18.4 Å². The van der Waals surface area contributed by atoms with Crippen molar-refractivity contribution in [3.63, 3.8) is 0 Å². The van der Waals surface area contributed by atoms with Crippen LogP contribution in [0.4, 0.5) is 0 Å². The van der Waals surface area contributed by atoms with Crippen molar-refractivity contribution in [3.05, 3.63) is 69.1 Å². The second kappa shape index (κ2) is 7.31. The molecule has 1 aromatic carbocycles. The van der Waals surface area contributed by atoms with Crippen LogP contribution in [0.3, 0.4) is 0 Å². The van der Waals surface area contributed by atoms with Gasteiger partial charge >= 0.3 is 5.69 Å². The monoisotopic (exact) mass is 302 g/mol. The molecule has 2 N–H and O–H groups in total. The summed E-state index contributed by atoms with van der Waals surface area (Å²) in [6.45, 7) is 4.22. The van der Waals surface area contributed by atoms with Crippen LogP contribution in [0.5, 0.6) is 11.6 Å². The van der Waals surface area contributed by atoms with Gasteiger partial charge in [-0.1, -0.05) is 25.1 Å². The lowest BCUT2D eigenvalue weighted by molar-refractivity contribution is 0.267. The van der Waals surface area contributed by atoms with E-state index >= 15 is 0 Å². The number of ether oxygens (including phenoxy) is 2. The Kier molecular flexibility index (Phi) is 5.19. The minimum Gasteiger partial charge on any atom is -0.502 e. The summed E-state index contributed by atoms with van der Waals surface area (Å²) in [4.78, 5) is 28.3. The summed E-state index contributed by atoms with van der Waals surface area (Å²) >= 11 is 0. The van der Waals surface area contributed by atoms with Crippen molar-refractivity contribution in [2.75, 3.05) is 6.61 Å². The molecule has 0 aliphatic rings. The molecule has 0 saturated carbocycles. The van der Waals surface area contributed by atoms with Crippen LogP contribution in [0.1, 0.15) is 25.3 Å². The number of hydrogen-bond donors (Lipinski definition) is 2. The fourth-order valence-electron chi connectivity index (χ4n) is 1.94. The third-order valence-electron chi connectivity index (χ3n) is 2.99. The SMILES string of the molecule is CCO/C=C/C(C)c1c(Oc2ccccc2)[nH]c(=O)[nH]c1=O. The summed E-state index contributed by atoms with van der Waals surface area (Å²) in [5.74, 6) is 0.380. The van der Waals surface area contributed by atoms with E-state index in [-0.39, 0.29) is 11.8 Å². The third kappa shape index (κ3) is 3.88. The van der Waals surface area contributed by atoms with Gasteiger partial charge in [-0.2, -0.15) is 0 Å². The summed E-state index contributed by atoms with van der Waals surface area (Å²) in [6, 6.07) is 8.94. The van der Waals surface area contributed by atoms with Crippen LogP contribution in [0.15, 0.2) is 52.3 Å². The zero-order valence-corrected chi connectivity index (χ0v) is 12.5. The Bertz CT molecular complexity index is 747. The minimum atomic E-state index is -0.610. The van der Waals surface area contributed by atoms with E-state index in [1.807, 2.05) is 19.9 Å². The maximum atomic E-state index is 12.1. The van der Waals surface area contributed by atoms with Gasteiger partial charge in [-0.25, -0.2) is 4.79 Å². The predicted molar refractivity (Wildman–Crippen MR) is 83.4 cm³/mol. The predicted octanol–water partition coefficient (Wildman–Crippen LogP) is 2.51. The van der Waals surface area contributed by atoms with E-state index in [1.54, 1.807) is 30.3 Å². The first-order valence-electron chi connectivity index (χ1n) is 6.99. The average Bonchev–Trinajstić information content (AvgIpc) is 2.47. The van der Waals surface area contributed by atoms with Gasteiger partial charge in [-0.3, -0.25) is 14.8 Å². The molecular formula is C16H18N2O4. The largest absolute Gasteiger partial charge is 0.502 e. The average molecular weight is 302 g/mol. The van der Waals surface area contributed by atoms with Crippen LogP contribution in [-0.2, 0) is 4.74 Å². The fourth-order valence-corrected chi connectivity index (χ4v) is 1.94. The minimum absolute atomic E-state index is 0.133. The van der Waals surface area contributed by atoms with Crippen molar-refractivity contribution < 1.29 is 9.47 Å². The molecule has 0 radical (unpaired) electrons. The van der Waals surface area contributed by atoms with E-state index < -0.39 is 11.2 Å². The number of H-pyrrole nitrogens is 2. The highest BCUT2D eigenvalue weighted by atomic mass is 16.5. The van der Waals surface area contributed by atoms with Gasteiger partial charge in [-0.15, -0.1) is 0 Å². The van der Waals surface area contributed by atoms with Crippen molar-refractivity contribution >= 4 is 0 Å². The van der Waals surface area contributed by atoms with Crippen LogP contribution < -0.4 is 16.0 Å². The van der Waals surface area contributed by atoms with Crippen molar-refractivity contribution in [3.8, 4) is 11.6 Å². The number of benzene rings is 1. The van der Waals surface area contributed by atoms with E-state index in [0.717, 1.165) is 0 Å². The lowest BCUT2D eigenvalue weighted by Crippen LogP contribution is -2.27. The second-order valence-electron chi connectivity index (χ2n) is 4.64. The molecule has 1 aromatic heterocycles. The zero-order valence-electron chi connectivity index (χ0n) is 12.5. The van der Waals surface area contributed by atoms with Gasteiger partial charge in [0.2, 0.25) is 5.88 Å². The highest BCUT2D eigenvalue weighted by Crippen LogP contribution is 2.25. The highest BCUT2D eigenvalue weighted by Gasteiger charge is 2.16. The van der Waals surface area contributed by atoms with Crippen molar-refractivity contribution in [2.24, 2.45) is 0 Å². The smallest absolute Gasteiger partial charge is 0.328 e. The molecule has 22 heavy (non-hydrogen) atoms. The van der Waals surface area contributed by atoms with Gasteiger partial charge in [0.1, 0.15) is 5.75 Å². The fraction of sp³-hybridized carbons (Fsp3) is 0.250. The zero-order chi connectivity index (χ0) is 15.9. The molecule has 0 spiro atoms. The molecular weight excluding hydrogens is 284 g/mol. The number of nitrogens with one attached hydrogen (secondary N) is 2. The maximum absolute atomic E-state index is 12.1. The first-order chi connectivity index (χ1) is 10.6.